The first kappa shape index (κ1) is 13.8. The fourth-order valence-electron chi connectivity index (χ4n) is 1.63. The molecule has 0 amide bonds. The Bertz CT molecular complexity index is 353. The van der Waals surface area contributed by atoms with Gasteiger partial charge in [-0.15, -0.1) is 0 Å². The fourth-order valence-corrected chi connectivity index (χ4v) is 1.63. The van der Waals surface area contributed by atoms with Crippen LogP contribution < -0.4 is 10.1 Å². The summed E-state index contributed by atoms with van der Waals surface area (Å²) < 4.78 is 5.04. The summed E-state index contributed by atoms with van der Waals surface area (Å²) in [6.45, 7) is 4.67. The van der Waals surface area contributed by atoms with Crippen LogP contribution >= 0.6 is 0 Å². The van der Waals surface area contributed by atoms with Crippen LogP contribution in [-0.2, 0) is 6.54 Å². The summed E-state index contributed by atoms with van der Waals surface area (Å²) in [6, 6.07) is 5.41. The molecule has 0 aliphatic rings. The highest BCUT2D eigenvalue weighted by Crippen LogP contribution is 2.29. The Morgan fingerprint density at radius 1 is 1.35 bits per heavy atom. The van der Waals surface area contributed by atoms with E-state index in [0.29, 0.717) is 18.2 Å². The predicted molar refractivity (Wildman–Crippen MR) is 67.2 cm³/mol. The minimum Gasteiger partial charge on any atom is -0.504 e. The zero-order valence-corrected chi connectivity index (χ0v) is 10.6. The number of aromatic hydroxyl groups is 1. The normalized spacial score (nSPS) is 12.8. The van der Waals surface area contributed by atoms with Crippen molar-refractivity contribution in [2.75, 3.05) is 13.7 Å². The van der Waals surface area contributed by atoms with Crippen LogP contribution in [0.4, 0.5) is 0 Å². The second-order valence-electron chi connectivity index (χ2n) is 4.38. The molecule has 1 rings (SSSR count). The van der Waals surface area contributed by atoms with Crippen LogP contribution in [0.3, 0.4) is 0 Å². The number of para-hydroxylation sites is 1. The predicted octanol–water partition coefficient (Wildman–Crippen LogP) is 1.51. The average molecular weight is 239 g/mol. The molecule has 3 N–H and O–H groups in total. The van der Waals surface area contributed by atoms with Gasteiger partial charge in [-0.3, -0.25) is 0 Å². The van der Waals surface area contributed by atoms with Crippen LogP contribution in [-0.4, -0.2) is 30.0 Å². The number of methoxy groups -OCH3 is 1. The lowest BCUT2D eigenvalue weighted by Crippen LogP contribution is -2.36. The number of hydrogen-bond acceptors (Lipinski definition) is 4. The molecule has 1 atom stereocenters. The highest BCUT2D eigenvalue weighted by molar-refractivity contribution is 5.45. The smallest absolute Gasteiger partial charge is 0.162 e. The zero-order valence-electron chi connectivity index (χ0n) is 10.6. The molecule has 4 nitrogen and oxygen atoms in total. The summed E-state index contributed by atoms with van der Waals surface area (Å²) in [5.74, 6) is 0.963. The topological polar surface area (TPSA) is 61.7 Å². The number of phenols is 1. The Hall–Kier alpha value is -1.26. The Balaban J connectivity index is 2.69. The second-order valence-corrected chi connectivity index (χ2v) is 4.38. The Morgan fingerprint density at radius 3 is 2.59 bits per heavy atom. The number of ether oxygens (including phenoxy) is 1. The molecular weight excluding hydrogens is 218 g/mol. The number of phenolic OH excluding ortho intramolecular Hbond substituents is 1. The fraction of sp³-hybridized carbons (Fsp3) is 0.538. The van der Waals surface area contributed by atoms with E-state index in [1.165, 1.54) is 7.11 Å². The van der Waals surface area contributed by atoms with E-state index in [9.17, 15) is 10.2 Å². The van der Waals surface area contributed by atoms with E-state index in [-0.39, 0.29) is 18.4 Å². The molecule has 0 fully saturated rings. The highest BCUT2D eigenvalue weighted by Gasteiger charge is 2.13. The van der Waals surface area contributed by atoms with Crippen molar-refractivity contribution in [3.05, 3.63) is 23.8 Å². The molecule has 0 aliphatic carbocycles. The molecule has 17 heavy (non-hydrogen) atoms. The van der Waals surface area contributed by atoms with E-state index in [1.807, 2.05) is 26.0 Å². The number of aliphatic hydroxyl groups is 1. The summed E-state index contributed by atoms with van der Waals surface area (Å²) in [6.07, 6.45) is 0. The third-order valence-electron chi connectivity index (χ3n) is 2.86. The molecule has 0 radical (unpaired) electrons. The molecule has 4 heteroatoms. The summed E-state index contributed by atoms with van der Waals surface area (Å²) in [5, 5.41) is 22.3. The molecular formula is C13H21NO3. The summed E-state index contributed by atoms with van der Waals surface area (Å²) in [4.78, 5) is 0. The molecule has 0 saturated carbocycles. The van der Waals surface area contributed by atoms with Gasteiger partial charge < -0.3 is 20.3 Å². The maximum absolute atomic E-state index is 9.89. The van der Waals surface area contributed by atoms with E-state index in [4.69, 9.17) is 4.74 Å². The van der Waals surface area contributed by atoms with Crippen molar-refractivity contribution in [3.8, 4) is 11.5 Å². The SMILES string of the molecule is COc1cccc(CN[C@H](CO)C(C)C)c1O. The third-order valence-corrected chi connectivity index (χ3v) is 2.86. The largest absolute Gasteiger partial charge is 0.504 e. The lowest BCUT2D eigenvalue weighted by atomic mass is 10.0. The van der Waals surface area contributed by atoms with Gasteiger partial charge in [-0.25, -0.2) is 0 Å². The van der Waals surface area contributed by atoms with Crippen molar-refractivity contribution in [1.82, 2.24) is 5.32 Å². The second kappa shape index (κ2) is 6.47. The van der Waals surface area contributed by atoms with Crippen LogP contribution in [0.15, 0.2) is 18.2 Å². The summed E-state index contributed by atoms with van der Waals surface area (Å²) in [7, 11) is 1.52. The summed E-state index contributed by atoms with van der Waals surface area (Å²) >= 11 is 0. The quantitative estimate of drug-likeness (QED) is 0.704. The van der Waals surface area contributed by atoms with Gasteiger partial charge in [-0.05, 0) is 12.0 Å². The van der Waals surface area contributed by atoms with E-state index < -0.39 is 0 Å². The molecule has 0 spiro atoms. The van der Waals surface area contributed by atoms with Gasteiger partial charge in [-0.2, -0.15) is 0 Å². The van der Waals surface area contributed by atoms with Gasteiger partial charge in [0.15, 0.2) is 11.5 Å². The van der Waals surface area contributed by atoms with Gasteiger partial charge in [0.1, 0.15) is 0 Å². The number of benzene rings is 1. The van der Waals surface area contributed by atoms with Crippen LogP contribution in [0.2, 0.25) is 0 Å². The number of aliphatic hydroxyl groups excluding tert-OH is 1. The molecule has 0 saturated heterocycles. The standard InChI is InChI=1S/C13H21NO3/c1-9(2)11(8-15)14-7-10-5-4-6-12(17-3)13(10)16/h4-6,9,11,14-16H,7-8H2,1-3H3/t11-/m1/s1. The van der Waals surface area contributed by atoms with E-state index in [2.05, 4.69) is 5.32 Å². The number of hydrogen-bond donors (Lipinski definition) is 3. The van der Waals surface area contributed by atoms with Crippen molar-refractivity contribution in [3.63, 3.8) is 0 Å². The lowest BCUT2D eigenvalue weighted by Gasteiger charge is -2.20. The zero-order chi connectivity index (χ0) is 12.8. The molecule has 0 bridgehead atoms. The minimum absolute atomic E-state index is 0.0283. The lowest BCUT2D eigenvalue weighted by molar-refractivity contribution is 0.209. The van der Waals surface area contributed by atoms with E-state index >= 15 is 0 Å². The van der Waals surface area contributed by atoms with Crippen LogP contribution in [0, 0.1) is 5.92 Å². The minimum atomic E-state index is 0.0283. The third kappa shape index (κ3) is 3.61. The number of rotatable bonds is 6. The van der Waals surface area contributed by atoms with Gasteiger partial charge in [-0.1, -0.05) is 26.0 Å². The monoisotopic (exact) mass is 239 g/mol. The van der Waals surface area contributed by atoms with Crippen molar-refractivity contribution in [1.29, 1.82) is 0 Å². The van der Waals surface area contributed by atoms with Gasteiger partial charge in [0.25, 0.3) is 0 Å². The molecule has 0 aliphatic heterocycles. The van der Waals surface area contributed by atoms with Gasteiger partial charge in [0.05, 0.1) is 13.7 Å². The molecule has 1 aromatic carbocycles. The molecule has 96 valence electrons. The number of nitrogens with one attached hydrogen (secondary N) is 1. The van der Waals surface area contributed by atoms with Crippen molar-refractivity contribution in [2.45, 2.75) is 26.4 Å². The maximum atomic E-state index is 9.89. The van der Waals surface area contributed by atoms with Gasteiger partial charge in [0, 0.05) is 18.2 Å². The molecule has 0 aromatic heterocycles. The highest BCUT2D eigenvalue weighted by atomic mass is 16.5. The first-order chi connectivity index (χ1) is 8.10. The Morgan fingerprint density at radius 2 is 2.06 bits per heavy atom. The van der Waals surface area contributed by atoms with Crippen LogP contribution in [0.5, 0.6) is 11.5 Å². The maximum Gasteiger partial charge on any atom is 0.162 e. The summed E-state index contributed by atoms with van der Waals surface area (Å²) in [5.41, 5.74) is 0.767. The van der Waals surface area contributed by atoms with Crippen molar-refractivity contribution >= 4 is 0 Å². The first-order valence-electron chi connectivity index (χ1n) is 5.79. The Kier molecular flexibility index (Phi) is 5.25. The average Bonchev–Trinajstić information content (AvgIpc) is 2.31. The van der Waals surface area contributed by atoms with Crippen molar-refractivity contribution < 1.29 is 14.9 Å². The van der Waals surface area contributed by atoms with Gasteiger partial charge >= 0.3 is 0 Å². The molecule has 1 aromatic rings. The van der Waals surface area contributed by atoms with E-state index in [1.54, 1.807) is 6.07 Å². The van der Waals surface area contributed by atoms with Gasteiger partial charge in [0.2, 0.25) is 0 Å². The van der Waals surface area contributed by atoms with Crippen LogP contribution in [0.25, 0.3) is 0 Å². The van der Waals surface area contributed by atoms with Crippen molar-refractivity contribution in [2.24, 2.45) is 5.92 Å². The Labute approximate surface area is 102 Å². The molecule has 0 heterocycles. The van der Waals surface area contributed by atoms with E-state index in [0.717, 1.165) is 5.56 Å². The van der Waals surface area contributed by atoms with Crippen LogP contribution in [0.1, 0.15) is 19.4 Å². The first-order valence-corrected chi connectivity index (χ1v) is 5.79. The molecule has 0 unspecified atom stereocenters.